The number of hydrogen-bond donors (Lipinski definition) is 1. The molecule has 8 heteroatoms. The second-order valence-electron chi connectivity index (χ2n) is 7.17. The number of amides is 1. The number of rotatable bonds is 5. The molecule has 1 atom stereocenters. The number of piperidine rings is 1. The first-order valence-electron chi connectivity index (χ1n) is 9.67. The number of ether oxygens (including phenoxy) is 1. The van der Waals surface area contributed by atoms with Crippen molar-refractivity contribution in [2.45, 2.75) is 37.6 Å². The maximum Gasteiger partial charge on any atom is 0.243 e. The fraction of sp³-hybridized carbons (Fsp3) is 0.632. The van der Waals surface area contributed by atoms with Crippen LogP contribution in [-0.2, 0) is 14.8 Å². The molecule has 0 aromatic heterocycles. The van der Waals surface area contributed by atoms with Gasteiger partial charge in [-0.2, -0.15) is 4.31 Å². The molecule has 2 saturated heterocycles. The van der Waals surface area contributed by atoms with Gasteiger partial charge >= 0.3 is 0 Å². The first-order valence-corrected chi connectivity index (χ1v) is 11.1. The van der Waals surface area contributed by atoms with Crippen LogP contribution in [0.2, 0.25) is 0 Å². The summed E-state index contributed by atoms with van der Waals surface area (Å²) in [6.07, 6.45) is 1.15. The molecule has 1 aromatic rings. The van der Waals surface area contributed by atoms with Crippen LogP contribution in [0.3, 0.4) is 0 Å². The molecular weight excluding hydrogens is 366 g/mol. The smallest absolute Gasteiger partial charge is 0.243 e. The molecule has 0 radical (unpaired) electrons. The summed E-state index contributed by atoms with van der Waals surface area (Å²) in [5, 5.41) is 3.29. The maximum absolute atomic E-state index is 12.9. The quantitative estimate of drug-likeness (QED) is 0.813. The number of sulfonamides is 1. The molecule has 27 heavy (non-hydrogen) atoms. The molecule has 0 saturated carbocycles. The lowest BCUT2D eigenvalue weighted by Gasteiger charge is -2.38. The van der Waals surface area contributed by atoms with Crippen molar-refractivity contribution in [1.29, 1.82) is 0 Å². The second kappa shape index (κ2) is 8.58. The number of nitrogens with one attached hydrogen (secondary N) is 1. The molecule has 2 aliphatic rings. The first kappa shape index (κ1) is 20.1. The van der Waals surface area contributed by atoms with Crippen LogP contribution in [0.25, 0.3) is 0 Å². The van der Waals surface area contributed by atoms with Crippen molar-refractivity contribution >= 4 is 15.9 Å². The van der Waals surface area contributed by atoms with E-state index in [0.717, 1.165) is 19.6 Å². The van der Waals surface area contributed by atoms with Crippen LogP contribution >= 0.6 is 0 Å². The highest BCUT2D eigenvalue weighted by atomic mass is 32.2. The molecule has 0 bridgehead atoms. The SMILES string of the molecule is CCOc1ccc(S(=O)(=O)N2CCC(C(=O)N3CCNCC3C)CC2)cc1. The van der Waals surface area contributed by atoms with Crippen molar-refractivity contribution in [3.8, 4) is 5.75 Å². The molecule has 1 aromatic carbocycles. The lowest BCUT2D eigenvalue weighted by Crippen LogP contribution is -2.55. The summed E-state index contributed by atoms with van der Waals surface area (Å²) < 4.78 is 32.6. The van der Waals surface area contributed by atoms with Gasteiger partial charge in [-0.15, -0.1) is 0 Å². The highest BCUT2D eigenvalue weighted by molar-refractivity contribution is 7.89. The average Bonchev–Trinajstić information content (AvgIpc) is 2.69. The molecule has 1 amide bonds. The van der Waals surface area contributed by atoms with Gasteiger partial charge in [-0.25, -0.2) is 8.42 Å². The van der Waals surface area contributed by atoms with Crippen LogP contribution < -0.4 is 10.1 Å². The number of carbonyl (C=O) groups is 1. The molecule has 2 aliphatic heterocycles. The summed E-state index contributed by atoms with van der Waals surface area (Å²) in [6, 6.07) is 6.72. The Hall–Kier alpha value is -1.64. The molecule has 2 heterocycles. The Morgan fingerprint density at radius 1 is 1.19 bits per heavy atom. The maximum atomic E-state index is 12.9. The van der Waals surface area contributed by atoms with Gasteiger partial charge in [0.2, 0.25) is 15.9 Å². The molecule has 3 rings (SSSR count). The Morgan fingerprint density at radius 2 is 1.85 bits per heavy atom. The Labute approximate surface area is 161 Å². The van der Waals surface area contributed by atoms with Gasteiger partial charge in [-0.1, -0.05) is 0 Å². The molecule has 1 unspecified atom stereocenters. The minimum Gasteiger partial charge on any atom is -0.494 e. The van der Waals surface area contributed by atoms with Gasteiger partial charge in [0.25, 0.3) is 0 Å². The fourth-order valence-electron chi connectivity index (χ4n) is 3.77. The van der Waals surface area contributed by atoms with E-state index >= 15 is 0 Å². The van der Waals surface area contributed by atoms with Crippen molar-refractivity contribution in [1.82, 2.24) is 14.5 Å². The molecule has 7 nitrogen and oxygen atoms in total. The van der Waals surface area contributed by atoms with Gasteiger partial charge in [0, 0.05) is 44.7 Å². The number of piperazine rings is 1. The standard InChI is InChI=1S/C19H29N3O4S/c1-3-26-17-4-6-18(7-5-17)27(24,25)21-11-8-16(9-12-21)19(23)22-13-10-20-14-15(22)2/h4-7,15-16,20H,3,8-14H2,1-2H3. The van der Waals surface area contributed by atoms with E-state index in [2.05, 4.69) is 12.2 Å². The summed E-state index contributed by atoms with van der Waals surface area (Å²) in [5.74, 6) is 0.741. The van der Waals surface area contributed by atoms with Crippen LogP contribution in [0.4, 0.5) is 0 Å². The zero-order chi connectivity index (χ0) is 19.4. The highest BCUT2D eigenvalue weighted by Gasteiger charge is 2.35. The number of carbonyl (C=O) groups excluding carboxylic acids is 1. The normalized spacial score (nSPS) is 22.6. The minimum atomic E-state index is -3.54. The van der Waals surface area contributed by atoms with Gasteiger partial charge in [-0.3, -0.25) is 4.79 Å². The fourth-order valence-corrected chi connectivity index (χ4v) is 5.24. The van der Waals surface area contributed by atoms with E-state index in [-0.39, 0.29) is 22.8 Å². The van der Waals surface area contributed by atoms with E-state index in [1.807, 2.05) is 11.8 Å². The van der Waals surface area contributed by atoms with Crippen molar-refractivity contribution in [2.75, 3.05) is 39.3 Å². The number of nitrogens with zero attached hydrogens (tertiary/aromatic N) is 2. The molecule has 0 spiro atoms. The van der Waals surface area contributed by atoms with Gasteiger partial charge in [0.1, 0.15) is 5.75 Å². The van der Waals surface area contributed by atoms with Crippen molar-refractivity contribution in [3.63, 3.8) is 0 Å². The van der Waals surface area contributed by atoms with E-state index in [1.54, 1.807) is 24.3 Å². The third kappa shape index (κ3) is 4.44. The summed E-state index contributed by atoms with van der Waals surface area (Å²) in [7, 11) is -3.54. The zero-order valence-corrected chi connectivity index (χ0v) is 16.9. The first-order chi connectivity index (χ1) is 12.9. The third-order valence-corrected chi connectivity index (χ3v) is 7.27. The van der Waals surface area contributed by atoms with Gasteiger partial charge in [0.15, 0.2) is 0 Å². The molecule has 150 valence electrons. The topological polar surface area (TPSA) is 79.0 Å². The molecule has 0 aliphatic carbocycles. The number of benzene rings is 1. The summed E-state index contributed by atoms with van der Waals surface area (Å²) >= 11 is 0. The van der Waals surface area contributed by atoms with E-state index in [4.69, 9.17) is 4.74 Å². The Kier molecular flexibility index (Phi) is 6.39. The Morgan fingerprint density at radius 3 is 2.44 bits per heavy atom. The van der Waals surface area contributed by atoms with Crippen molar-refractivity contribution in [3.05, 3.63) is 24.3 Å². The van der Waals surface area contributed by atoms with E-state index in [9.17, 15) is 13.2 Å². The lowest BCUT2D eigenvalue weighted by atomic mass is 9.95. The monoisotopic (exact) mass is 395 g/mol. The minimum absolute atomic E-state index is 0.0858. The van der Waals surface area contributed by atoms with Crippen LogP contribution in [0.1, 0.15) is 26.7 Å². The van der Waals surface area contributed by atoms with Crippen molar-refractivity contribution < 1.29 is 17.9 Å². The second-order valence-corrected chi connectivity index (χ2v) is 9.11. The van der Waals surface area contributed by atoms with Crippen LogP contribution in [0.15, 0.2) is 29.2 Å². The van der Waals surface area contributed by atoms with E-state index in [0.29, 0.717) is 38.3 Å². The Bertz CT molecular complexity index is 743. The van der Waals surface area contributed by atoms with Crippen molar-refractivity contribution in [2.24, 2.45) is 5.92 Å². The van der Waals surface area contributed by atoms with Gasteiger partial charge in [-0.05, 0) is 51.0 Å². The van der Waals surface area contributed by atoms with Crippen LogP contribution in [0, 0.1) is 5.92 Å². The van der Waals surface area contributed by atoms with Gasteiger partial charge < -0.3 is 15.0 Å². The van der Waals surface area contributed by atoms with E-state index < -0.39 is 10.0 Å². The highest BCUT2D eigenvalue weighted by Crippen LogP contribution is 2.26. The van der Waals surface area contributed by atoms with Gasteiger partial charge in [0.05, 0.1) is 11.5 Å². The van der Waals surface area contributed by atoms with E-state index in [1.165, 1.54) is 4.31 Å². The summed E-state index contributed by atoms with van der Waals surface area (Å²) in [5.41, 5.74) is 0. The predicted molar refractivity (Wildman–Crippen MR) is 103 cm³/mol. The predicted octanol–water partition coefficient (Wildman–Crippen LogP) is 1.31. The average molecular weight is 396 g/mol. The molecular formula is C19H29N3O4S. The third-order valence-electron chi connectivity index (χ3n) is 5.36. The Balaban J connectivity index is 1.61. The van der Waals surface area contributed by atoms with Crippen LogP contribution in [0.5, 0.6) is 5.75 Å². The molecule has 2 fully saturated rings. The number of hydrogen-bond acceptors (Lipinski definition) is 5. The summed E-state index contributed by atoms with van der Waals surface area (Å²) in [4.78, 5) is 15.0. The largest absolute Gasteiger partial charge is 0.494 e. The zero-order valence-electron chi connectivity index (χ0n) is 16.1. The summed E-state index contributed by atoms with van der Waals surface area (Å²) in [6.45, 7) is 7.60. The molecule has 1 N–H and O–H groups in total. The van der Waals surface area contributed by atoms with Crippen LogP contribution in [-0.4, -0.2) is 68.9 Å². The lowest BCUT2D eigenvalue weighted by molar-refractivity contribution is -0.139.